The van der Waals surface area contributed by atoms with E-state index in [1.54, 1.807) is 51.7 Å². The highest BCUT2D eigenvalue weighted by Gasteiger charge is 2.77. The van der Waals surface area contributed by atoms with Crippen molar-refractivity contribution in [3.63, 3.8) is 0 Å². The molecule has 1 spiro atoms. The number of anilines is 1. The normalized spacial score (nSPS) is 28.9. The Hall–Kier alpha value is -2.29. The lowest BCUT2D eigenvalue weighted by atomic mass is 9.66. The Balaban J connectivity index is 1.75. The molecule has 3 aliphatic rings. The summed E-state index contributed by atoms with van der Waals surface area (Å²) < 4.78 is -1.11. The summed E-state index contributed by atoms with van der Waals surface area (Å²) in [5, 5.41) is 9.62. The number of aliphatic hydroxyl groups excluding tert-OH is 1. The molecular formula is C30H40ClN3O4S. The van der Waals surface area contributed by atoms with Crippen LogP contribution in [0.15, 0.2) is 49.6 Å². The minimum absolute atomic E-state index is 0.0603. The molecule has 0 aromatic heterocycles. The predicted molar refractivity (Wildman–Crippen MR) is 158 cm³/mol. The van der Waals surface area contributed by atoms with Gasteiger partial charge in [0.05, 0.1) is 27.3 Å². The Morgan fingerprint density at radius 3 is 2.49 bits per heavy atom. The Morgan fingerprint density at radius 1 is 1.13 bits per heavy atom. The zero-order valence-electron chi connectivity index (χ0n) is 23.0. The maximum atomic E-state index is 14.6. The third-order valence-electron chi connectivity index (χ3n) is 8.58. The number of rotatable bonds is 13. The highest BCUT2D eigenvalue weighted by Crippen LogP contribution is 2.71. The summed E-state index contributed by atoms with van der Waals surface area (Å²) in [4.78, 5) is 47.7. The first-order valence-electron chi connectivity index (χ1n) is 13.8. The molecule has 1 aromatic carbocycles. The number of likely N-dealkylation sites (tertiary alicyclic amines) is 1. The largest absolute Gasteiger partial charge is 0.396 e. The third-order valence-corrected chi connectivity index (χ3v) is 10.9. The summed E-state index contributed by atoms with van der Waals surface area (Å²) in [6.07, 6.45) is 7.96. The molecule has 0 radical (unpaired) electrons. The predicted octanol–water partition coefficient (Wildman–Crippen LogP) is 4.54. The molecule has 0 aliphatic carbocycles. The summed E-state index contributed by atoms with van der Waals surface area (Å²) in [5.74, 6) is -1.41. The van der Waals surface area contributed by atoms with Gasteiger partial charge in [-0.15, -0.1) is 24.9 Å². The average Bonchev–Trinajstić information content (AvgIpc) is 3.48. The van der Waals surface area contributed by atoms with Gasteiger partial charge in [-0.3, -0.25) is 14.4 Å². The van der Waals surface area contributed by atoms with Gasteiger partial charge in [0.2, 0.25) is 11.8 Å². The zero-order valence-corrected chi connectivity index (χ0v) is 24.6. The molecule has 39 heavy (non-hydrogen) atoms. The van der Waals surface area contributed by atoms with Crippen molar-refractivity contribution in [2.24, 2.45) is 11.8 Å². The van der Waals surface area contributed by atoms with Gasteiger partial charge in [0.25, 0.3) is 5.91 Å². The van der Waals surface area contributed by atoms with Crippen molar-refractivity contribution in [2.75, 3.05) is 38.2 Å². The lowest BCUT2D eigenvalue weighted by Gasteiger charge is -2.38. The molecule has 4 rings (SSSR count). The van der Waals surface area contributed by atoms with Crippen molar-refractivity contribution in [1.29, 1.82) is 0 Å². The SMILES string of the molecule is C=CCN(C)C(=O)[C@H]1[C@H]2C(=O)N(CCCCCCO)C(C(=O)N(CC=C)c3ccccc3Cl)C23CC[C@]1(C)S3. The molecule has 1 aromatic rings. The van der Waals surface area contributed by atoms with E-state index < -0.39 is 27.4 Å². The Kier molecular flexibility index (Phi) is 9.19. The molecule has 212 valence electrons. The minimum Gasteiger partial charge on any atom is -0.396 e. The van der Waals surface area contributed by atoms with Crippen LogP contribution in [0.3, 0.4) is 0 Å². The summed E-state index contributed by atoms with van der Waals surface area (Å²) in [7, 11) is 1.75. The molecule has 5 atom stereocenters. The van der Waals surface area contributed by atoms with Gasteiger partial charge in [-0.05, 0) is 44.7 Å². The lowest BCUT2D eigenvalue weighted by Crippen LogP contribution is -2.55. The van der Waals surface area contributed by atoms with Crippen LogP contribution in [0, 0.1) is 11.8 Å². The number of likely N-dealkylation sites (N-methyl/N-ethyl adjacent to an activating group) is 1. The second-order valence-electron chi connectivity index (χ2n) is 11.1. The molecular weight excluding hydrogens is 534 g/mol. The highest BCUT2D eigenvalue weighted by molar-refractivity contribution is 8.02. The second kappa shape index (κ2) is 12.1. The monoisotopic (exact) mass is 573 g/mol. The lowest BCUT2D eigenvalue weighted by molar-refractivity contribution is -0.144. The number of halogens is 1. The van der Waals surface area contributed by atoms with Crippen molar-refractivity contribution in [1.82, 2.24) is 9.80 Å². The first-order valence-corrected chi connectivity index (χ1v) is 15.0. The van der Waals surface area contributed by atoms with E-state index in [-0.39, 0.29) is 30.9 Å². The van der Waals surface area contributed by atoms with Crippen molar-refractivity contribution in [2.45, 2.75) is 61.0 Å². The summed E-state index contributed by atoms with van der Waals surface area (Å²) in [6.45, 7) is 11.0. The van der Waals surface area contributed by atoms with E-state index in [0.717, 1.165) is 25.7 Å². The molecule has 3 saturated heterocycles. The molecule has 1 N–H and O–H groups in total. The molecule has 3 heterocycles. The number of fused-ring (bicyclic) bond motifs is 1. The number of para-hydroxylation sites is 1. The fourth-order valence-electron chi connectivity index (χ4n) is 6.84. The number of benzene rings is 1. The smallest absolute Gasteiger partial charge is 0.251 e. The van der Waals surface area contributed by atoms with Crippen LogP contribution >= 0.6 is 23.4 Å². The molecule has 2 bridgehead atoms. The number of aliphatic hydroxyl groups is 1. The number of carbonyl (C=O) groups excluding carboxylic acids is 3. The third kappa shape index (κ3) is 5.16. The van der Waals surface area contributed by atoms with E-state index >= 15 is 0 Å². The maximum absolute atomic E-state index is 14.6. The standard InChI is InChI=1S/C30H40ClN3O4S/c1-5-17-32(4)26(36)23-24-27(37)34(19-11-7-8-12-20-35)25(30(24)16-15-29(23,3)39-30)28(38)33(18-6-2)22-14-10-9-13-21(22)31/h5-6,9-10,13-14,23-25,35H,1-2,7-8,11-12,15-20H2,3-4H3/t23-,24+,25?,29+,30?/m1/s1. The summed E-state index contributed by atoms with van der Waals surface area (Å²) >= 11 is 8.22. The number of carbonyl (C=O) groups is 3. The summed E-state index contributed by atoms with van der Waals surface area (Å²) in [6, 6.07) is 6.51. The van der Waals surface area contributed by atoms with Crippen LogP contribution in [0.1, 0.15) is 45.4 Å². The van der Waals surface area contributed by atoms with Gasteiger partial charge >= 0.3 is 0 Å². The molecule has 2 unspecified atom stereocenters. The van der Waals surface area contributed by atoms with Gasteiger partial charge in [-0.25, -0.2) is 0 Å². The first kappa shape index (κ1) is 29.7. The summed E-state index contributed by atoms with van der Waals surface area (Å²) in [5.41, 5.74) is 0.585. The Labute approximate surface area is 241 Å². The second-order valence-corrected chi connectivity index (χ2v) is 13.4. The highest BCUT2D eigenvalue weighted by atomic mass is 35.5. The van der Waals surface area contributed by atoms with Gasteiger partial charge < -0.3 is 19.8 Å². The molecule has 7 nitrogen and oxygen atoms in total. The van der Waals surface area contributed by atoms with Crippen molar-refractivity contribution in [3.8, 4) is 0 Å². The van der Waals surface area contributed by atoms with Crippen molar-refractivity contribution >= 4 is 46.8 Å². The van der Waals surface area contributed by atoms with Gasteiger partial charge in [0.1, 0.15) is 6.04 Å². The van der Waals surface area contributed by atoms with Gasteiger partial charge in [0.15, 0.2) is 0 Å². The van der Waals surface area contributed by atoms with Gasteiger partial charge in [-0.2, -0.15) is 0 Å². The topological polar surface area (TPSA) is 81.2 Å². The van der Waals surface area contributed by atoms with Gasteiger partial charge in [0, 0.05) is 38.0 Å². The van der Waals surface area contributed by atoms with Gasteiger partial charge in [-0.1, -0.05) is 48.7 Å². The molecule has 3 amide bonds. The van der Waals surface area contributed by atoms with Crippen LogP contribution in [0.5, 0.6) is 0 Å². The Bertz CT molecular complexity index is 1130. The van der Waals surface area contributed by atoms with Crippen LogP contribution < -0.4 is 4.90 Å². The quantitative estimate of drug-likeness (QED) is 0.277. The van der Waals surface area contributed by atoms with Crippen LogP contribution in [0.4, 0.5) is 5.69 Å². The minimum atomic E-state index is -0.710. The van der Waals surface area contributed by atoms with E-state index in [1.807, 2.05) is 18.2 Å². The number of unbranched alkanes of at least 4 members (excludes halogenated alkanes) is 3. The number of hydrogen-bond donors (Lipinski definition) is 1. The fourth-order valence-corrected chi connectivity index (χ4v) is 9.43. The van der Waals surface area contributed by atoms with E-state index in [0.29, 0.717) is 36.6 Å². The van der Waals surface area contributed by atoms with Crippen LogP contribution in [0.25, 0.3) is 0 Å². The molecule has 3 fully saturated rings. The van der Waals surface area contributed by atoms with Crippen LogP contribution in [-0.2, 0) is 14.4 Å². The number of hydrogen-bond acceptors (Lipinski definition) is 5. The molecule has 3 aliphatic heterocycles. The molecule has 0 saturated carbocycles. The van der Waals surface area contributed by atoms with Crippen molar-refractivity contribution in [3.05, 3.63) is 54.6 Å². The van der Waals surface area contributed by atoms with E-state index in [1.165, 1.54) is 0 Å². The maximum Gasteiger partial charge on any atom is 0.251 e. The van der Waals surface area contributed by atoms with E-state index in [9.17, 15) is 14.4 Å². The average molecular weight is 574 g/mol. The van der Waals surface area contributed by atoms with Crippen LogP contribution in [0.2, 0.25) is 5.02 Å². The number of amides is 3. The first-order chi connectivity index (χ1) is 18.7. The Morgan fingerprint density at radius 2 is 1.82 bits per heavy atom. The van der Waals surface area contributed by atoms with Crippen molar-refractivity contribution < 1.29 is 19.5 Å². The number of nitrogens with zero attached hydrogens (tertiary/aromatic N) is 3. The van der Waals surface area contributed by atoms with Crippen LogP contribution in [-0.4, -0.2) is 81.5 Å². The zero-order chi connectivity index (χ0) is 28.4. The van der Waals surface area contributed by atoms with E-state index in [2.05, 4.69) is 20.1 Å². The molecule has 9 heteroatoms. The van der Waals surface area contributed by atoms with E-state index in [4.69, 9.17) is 16.7 Å². The number of thioether (sulfide) groups is 1. The fraction of sp³-hybridized carbons (Fsp3) is 0.567.